The van der Waals surface area contributed by atoms with Gasteiger partial charge in [-0.25, -0.2) is 4.98 Å². The van der Waals surface area contributed by atoms with E-state index in [1.807, 2.05) is 0 Å². The summed E-state index contributed by atoms with van der Waals surface area (Å²) < 4.78 is 0. The minimum Gasteiger partial charge on any atom is -0.481 e. The number of nitrogens with one attached hydrogen (secondary N) is 4. The summed E-state index contributed by atoms with van der Waals surface area (Å²) in [6, 6.07) is -5.33. The van der Waals surface area contributed by atoms with Gasteiger partial charge in [0.05, 0.1) is 18.8 Å². The number of aromatic amines is 1. The van der Waals surface area contributed by atoms with E-state index in [4.69, 9.17) is 21.7 Å². The number of H-pyrrole nitrogens is 1. The first-order valence-electron chi connectivity index (χ1n) is 9.77. The number of nitrogens with zero attached hydrogens (tertiary/aromatic N) is 1. The molecule has 4 atom stereocenters. The van der Waals surface area contributed by atoms with Crippen LogP contribution in [0.1, 0.15) is 31.9 Å². The molecular formula is C18H27N7O8. The summed E-state index contributed by atoms with van der Waals surface area (Å²) in [5, 5.41) is 24.8. The smallest absolute Gasteiger partial charge is 0.325 e. The van der Waals surface area contributed by atoms with Crippen LogP contribution in [-0.2, 0) is 35.2 Å². The number of primary amides is 1. The van der Waals surface area contributed by atoms with E-state index in [2.05, 4.69) is 25.9 Å². The maximum Gasteiger partial charge on any atom is 0.325 e. The molecule has 1 heterocycles. The second kappa shape index (κ2) is 12.7. The Morgan fingerprint density at radius 3 is 2.15 bits per heavy atom. The maximum absolute atomic E-state index is 12.8. The molecule has 10 N–H and O–H groups in total. The zero-order chi connectivity index (χ0) is 25.1. The van der Waals surface area contributed by atoms with Gasteiger partial charge in [0, 0.05) is 24.7 Å². The topological polar surface area (TPSA) is 260 Å². The fourth-order valence-electron chi connectivity index (χ4n) is 2.60. The van der Waals surface area contributed by atoms with Crippen LogP contribution in [0.2, 0.25) is 0 Å². The molecule has 0 radical (unpaired) electrons. The molecule has 0 spiro atoms. The van der Waals surface area contributed by atoms with Crippen LogP contribution in [0.3, 0.4) is 0 Å². The number of amides is 4. The second-order valence-electron chi connectivity index (χ2n) is 7.18. The first-order chi connectivity index (χ1) is 15.4. The summed E-state index contributed by atoms with van der Waals surface area (Å²) >= 11 is 0. The van der Waals surface area contributed by atoms with E-state index in [1.165, 1.54) is 19.4 Å². The molecule has 182 valence electrons. The molecule has 0 aliphatic heterocycles. The molecule has 1 aromatic heterocycles. The van der Waals surface area contributed by atoms with Crippen molar-refractivity contribution in [1.82, 2.24) is 25.9 Å². The fourth-order valence-corrected chi connectivity index (χ4v) is 2.60. The van der Waals surface area contributed by atoms with Crippen LogP contribution in [0.25, 0.3) is 0 Å². The molecule has 1 rings (SSSR count). The quantitative estimate of drug-likeness (QED) is 0.134. The molecule has 4 unspecified atom stereocenters. The first kappa shape index (κ1) is 27.0. The molecule has 4 amide bonds. The largest absolute Gasteiger partial charge is 0.481 e. The lowest BCUT2D eigenvalue weighted by molar-refractivity contribution is -0.141. The average molecular weight is 469 g/mol. The van der Waals surface area contributed by atoms with Crippen LogP contribution in [0.15, 0.2) is 12.5 Å². The van der Waals surface area contributed by atoms with E-state index in [9.17, 15) is 28.8 Å². The molecule has 0 fully saturated rings. The molecule has 1 aromatic rings. The molecule has 0 saturated heterocycles. The number of nitrogens with two attached hydrogens (primary N) is 2. The number of rotatable bonds is 14. The highest BCUT2D eigenvalue weighted by Gasteiger charge is 2.30. The third-order valence-corrected chi connectivity index (χ3v) is 4.38. The van der Waals surface area contributed by atoms with Crippen LogP contribution in [0.5, 0.6) is 0 Å². The minimum atomic E-state index is -1.42. The van der Waals surface area contributed by atoms with E-state index >= 15 is 0 Å². The lowest BCUT2D eigenvalue weighted by Crippen LogP contribution is -2.57. The van der Waals surface area contributed by atoms with Gasteiger partial charge < -0.3 is 42.6 Å². The van der Waals surface area contributed by atoms with E-state index < -0.39 is 72.6 Å². The summed E-state index contributed by atoms with van der Waals surface area (Å²) in [7, 11) is 0. The van der Waals surface area contributed by atoms with Crippen molar-refractivity contribution in [3.63, 3.8) is 0 Å². The third-order valence-electron chi connectivity index (χ3n) is 4.38. The number of carbonyl (C=O) groups is 6. The fraction of sp³-hybridized carbons (Fsp3) is 0.500. The number of hydrogen-bond donors (Lipinski definition) is 8. The summed E-state index contributed by atoms with van der Waals surface area (Å²) in [6.45, 7) is 1.23. The summed E-state index contributed by atoms with van der Waals surface area (Å²) in [5.74, 6) is -6.07. The van der Waals surface area contributed by atoms with Crippen LogP contribution in [0.4, 0.5) is 0 Å². The molecule has 0 saturated carbocycles. The molecule has 0 aliphatic carbocycles. The number of hydrogen-bond acceptors (Lipinski definition) is 8. The van der Waals surface area contributed by atoms with Gasteiger partial charge in [0.15, 0.2) is 0 Å². The highest BCUT2D eigenvalue weighted by molar-refractivity contribution is 5.95. The number of imidazole rings is 1. The molecule has 15 heteroatoms. The van der Waals surface area contributed by atoms with Gasteiger partial charge in [-0.05, 0) is 13.3 Å². The van der Waals surface area contributed by atoms with Crippen molar-refractivity contribution >= 4 is 35.6 Å². The molecule has 33 heavy (non-hydrogen) atoms. The highest BCUT2D eigenvalue weighted by Crippen LogP contribution is 2.04. The molecule has 15 nitrogen and oxygen atoms in total. The molecule has 0 aliphatic rings. The number of aromatic nitrogens is 2. The zero-order valence-electron chi connectivity index (χ0n) is 17.7. The van der Waals surface area contributed by atoms with E-state index in [0.29, 0.717) is 5.69 Å². The van der Waals surface area contributed by atoms with Gasteiger partial charge in [-0.15, -0.1) is 0 Å². The first-order valence-corrected chi connectivity index (χ1v) is 9.77. The third kappa shape index (κ3) is 9.77. The van der Waals surface area contributed by atoms with Crippen molar-refractivity contribution in [3.05, 3.63) is 18.2 Å². The predicted octanol–water partition coefficient (Wildman–Crippen LogP) is -3.42. The molecule has 0 bridgehead atoms. The summed E-state index contributed by atoms with van der Waals surface area (Å²) in [6.07, 6.45) is 1.26. The van der Waals surface area contributed by atoms with Gasteiger partial charge in [-0.1, -0.05) is 0 Å². The van der Waals surface area contributed by atoms with Crippen LogP contribution in [0, 0.1) is 0 Å². The van der Waals surface area contributed by atoms with E-state index in [1.54, 1.807) is 0 Å². The number of carboxylic acid groups (broad SMARTS) is 2. The Balaban J connectivity index is 3.02. The van der Waals surface area contributed by atoms with Crippen molar-refractivity contribution in [2.75, 3.05) is 0 Å². The Bertz CT molecular complexity index is 873. The normalized spacial score (nSPS) is 14.2. The molecule has 0 aromatic carbocycles. The standard InChI is InChI=1S/C18H27N7O8/c1-8(18(32)33)23-17(31)12(4-9-6-21-7-22-9)25-16(30)11(2-3-14(27)28)24-15(29)10(19)5-13(20)26/h6-8,10-12H,2-5,19H2,1H3,(H2,20,26)(H,21,22)(H,23,31)(H,24,29)(H,25,30)(H,27,28)(H,32,33). The van der Waals surface area contributed by atoms with Crippen molar-refractivity contribution in [1.29, 1.82) is 0 Å². The van der Waals surface area contributed by atoms with Crippen molar-refractivity contribution in [3.8, 4) is 0 Å². The minimum absolute atomic E-state index is 0.106. The van der Waals surface area contributed by atoms with Gasteiger partial charge >= 0.3 is 11.9 Å². The van der Waals surface area contributed by atoms with Gasteiger partial charge in [-0.3, -0.25) is 28.8 Å². The summed E-state index contributed by atoms with van der Waals surface area (Å²) in [5.41, 5.74) is 11.0. The second-order valence-corrected chi connectivity index (χ2v) is 7.18. The lowest BCUT2D eigenvalue weighted by atomic mass is 10.1. The summed E-state index contributed by atoms with van der Waals surface area (Å²) in [4.78, 5) is 77.1. The van der Waals surface area contributed by atoms with Crippen molar-refractivity contribution in [2.45, 2.75) is 56.8 Å². The Morgan fingerprint density at radius 2 is 1.64 bits per heavy atom. The van der Waals surface area contributed by atoms with Crippen LogP contribution in [-0.4, -0.2) is 79.9 Å². The maximum atomic E-state index is 12.8. The Labute approximate surface area is 187 Å². The van der Waals surface area contributed by atoms with E-state index in [0.717, 1.165) is 0 Å². The van der Waals surface area contributed by atoms with Gasteiger partial charge in [-0.2, -0.15) is 0 Å². The van der Waals surface area contributed by atoms with Gasteiger partial charge in [0.2, 0.25) is 23.6 Å². The average Bonchev–Trinajstić information content (AvgIpc) is 3.22. The lowest BCUT2D eigenvalue weighted by Gasteiger charge is -2.24. The number of carbonyl (C=O) groups excluding carboxylic acids is 4. The Kier molecular flexibility index (Phi) is 10.4. The Morgan fingerprint density at radius 1 is 1.03 bits per heavy atom. The highest BCUT2D eigenvalue weighted by atomic mass is 16.4. The Hall–Kier alpha value is -4.01. The number of aliphatic carboxylic acids is 2. The van der Waals surface area contributed by atoms with Gasteiger partial charge in [0.1, 0.15) is 18.1 Å². The zero-order valence-corrected chi connectivity index (χ0v) is 17.7. The van der Waals surface area contributed by atoms with E-state index in [-0.39, 0.29) is 12.8 Å². The van der Waals surface area contributed by atoms with Gasteiger partial charge in [0.25, 0.3) is 0 Å². The predicted molar refractivity (Wildman–Crippen MR) is 110 cm³/mol. The monoisotopic (exact) mass is 469 g/mol. The van der Waals surface area contributed by atoms with Crippen LogP contribution >= 0.6 is 0 Å². The SMILES string of the molecule is CC(NC(=O)C(Cc1cnc[nH]1)NC(=O)C(CCC(=O)O)NC(=O)C(N)CC(N)=O)C(=O)O. The number of carboxylic acids is 2. The van der Waals surface area contributed by atoms with Crippen molar-refractivity contribution in [2.24, 2.45) is 11.5 Å². The molecular weight excluding hydrogens is 442 g/mol. The van der Waals surface area contributed by atoms with Crippen LogP contribution < -0.4 is 27.4 Å². The van der Waals surface area contributed by atoms with Crippen molar-refractivity contribution < 1.29 is 39.0 Å².